The summed E-state index contributed by atoms with van der Waals surface area (Å²) >= 11 is 0. The smallest absolute Gasteiger partial charge is 0.161 e. The summed E-state index contributed by atoms with van der Waals surface area (Å²) < 4.78 is 7.42. The molecule has 3 heterocycles. The molecular formula is C19H22N6O. The zero-order valence-electron chi connectivity index (χ0n) is 15.0. The Morgan fingerprint density at radius 2 is 2.04 bits per heavy atom. The minimum atomic E-state index is 0.539. The second kappa shape index (κ2) is 7.11. The highest BCUT2D eigenvalue weighted by molar-refractivity contribution is 5.58. The number of fused-ring (bicyclic) bond motifs is 1. The maximum absolute atomic E-state index is 5.20. The number of benzene rings is 1. The Kier molecular flexibility index (Phi) is 4.51. The zero-order valence-corrected chi connectivity index (χ0v) is 15.0. The Balaban J connectivity index is 1.42. The lowest BCUT2D eigenvalue weighted by Gasteiger charge is -2.24. The first kappa shape index (κ1) is 16.5. The number of aromatic nitrogens is 5. The van der Waals surface area contributed by atoms with Gasteiger partial charge in [0.1, 0.15) is 23.2 Å². The van der Waals surface area contributed by atoms with Crippen LogP contribution in [-0.2, 0) is 13.0 Å². The van der Waals surface area contributed by atoms with E-state index in [4.69, 9.17) is 4.74 Å². The summed E-state index contributed by atoms with van der Waals surface area (Å²) in [6.07, 6.45) is 3.88. The van der Waals surface area contributed by atoms with Crippen LogP contribution in [0, 0.1) is 12.8 Å². The maximum atomic E-state index is 5.20. The number of nitrogens with one attached hydrogen (secondary N) is 1. The first-order valence-electron chi connectivity index (χ1n) is 8.83. The molecule has 1 aliphatic heterocycles. The molecule has 3 aromatic rings. The van der Waals surface area contributed by atoms with Gasteiger partial charge in [0.05, 0.1) is 7.11 Å². The predicted molar refractivity (Wildman–Crippen MR) is 99.1 cm³/mol. The largest absolute Gasteiger partial charge is 0.497 e. The van der Waals surface area contributed by atoms with E-state index in [0.29, 0.717) is 11.7 Å². The van der Waals surface area contributed by atoms with E-state index in [0.717, 1.165) is 54.7 Å². The lowest BCUT2D eigenvalue weighted by atomic mass is 9.99. The quantitative estimate of drug-likeness (QED) is 0.762. The monoisotopic (exact) mass is 350 g/mol. The van der Waals surface area contributed by atoms with Gasteiger partial charge in [0.15, 0.2) is 5.82 Å². The van der Waals surface area contributed by atoms with Crippen LogP contribution in [-0.4, -0.2) is 38.4 Å². The van der Waals surface area contributed by atoms with Crippen LogP contribution in [0.15, 0.2) is 36.5 Å². The van der Waals surface area contributed by atoms with Crippen molar-refractivity contribution in [3.63, 3.8) is 0 Å². The van der Waals surface area contributed by atoms with Gasteiger partial charge in [0.25, 0.3) is 0 Å². The highest BCUT2D eigenvalue weighted by Gasteiger charge is 2.21. The molecule has 0 saturated heterocycles. The third kappa shape index (κ3) is 3.37. The number of aryl methyl sites for hydroxylation is 2. The van der Waals surface area contributed by atoms with Crippen molar-refractivity contribution in [3.05, 3.63) is 48.2 Å². The molecule has 0 aliphatic carbocycles. The van der Waals surface area contributed by atoms with Gasteiger partial charge in [-0.1, -0.05) is 0 Å². The van der Waals surface area contributed by atoms with E-state index in [9.17, 15) is 0 Å². The number of nitrogens with zero attached hydrogens (tertiary/aromatic N) is 5. The predicted octanol–water partition coefficient (Wildman–Crippen LogP) is 2.73. The van der Waals surface area contributed by atoms with Crippen LogP contribution in [0.4, 0.5) is 5.82 Å². The van der Waals surface area contributed by atoms with Gasteiger partial charge in [-0.2, -0.15) is 0 Å². The van der Waals surface area contributed by atoms with E-state index >= 15 is 0 Å². The van der Waals surface area contributed by atoms with E-state index < -0.39 is 0 Å². The summed E-state index contributed by atoms with van der Waals surface area (Å²) in [6.45, 7) is 3.84. The number of ether oxygens (including phenoxy) is 1. The van der Waals surface area contributed by atoms with Crippen molar-refractivity contribution < 1.29 is 4.74 Å². The standard InChI is InChI=1S/C19H22N6O/c1-13-23-24-18-8-3-14(12-25(13)18)11-21-17-9-10-20-19(22-17)15-4-6-16(26-2)7-5-15/h4-7,9-10,14H,3,8,11-12H2,1-2H3,(H,20,21,22). The van der Waals surface area contributed by atoms with Gasteiger partial charge in [-0.15, -0.1) is 10.2 Å². The number of hydrogen-bond donors (Lipinski definition) is 1. The Bertz CT molecular complexity index is 889. The number of rotatable bonds is 5. The van der Waals surface area contributed by atoms with Crippen LogP contribution >= 0.6 is 0 Å². The Labute approximate surface area is 152 Å². The molecule has 0 fully saturated rings. The fourth-order valence-corrected chi connectivity index (χ4v) is 3.28. The molecule has 1 aliphatic rings. The normalized spacial score (nSPS) is 16.2. The summed E-state index contributed by atoms with van der Waals surface area (Å²) in [5.41, 5.74) is 0.969. The van der Waals surface area contributed by atoms with Crippen LogP contribution in [0.5, 0.6) is 5.75 Å². The molecule has 134 valence electrons. The van der Waals surface area contributed by atoms with Crippen molar-refractivity contribution in [2.24, 2.45) is 5.92 Å². The van der Waals surface area contributed by atoms with E-state index in [2.05, 4.69) is 30.0 Å². The summed E-state index contributed by atoms with van der Waals surface area (Å²) in [4.78, 5) is 9.02. The molecule has 0 radical (unpaired) electrons. The molecule has 0 bridgehead atoms. The van der Waals surface area contributed by atoms with Crippen LogP contribution < -0.4 is 10.1 Å². The minimum Gasteiger partial charge on any atom is -0.497 e. The molecule has 4 rings (SSSR count). The lowest BCUT2D eigenvalue weighted by molar-refractivity contribution is 0.376. The lowest BCUT2D eigenvalue weighted by Crippen LogP contribution is -2.27. The molecule has 0 saturated carbocycles. The van der Waals surface area contributed by atoms with Crippen molar-refractivity contribution in [2.45, 2.75) is 26.3 Å². The fraction of sp³-hybridized carbons (Fsp3) is 0.368. The Hall–Kier alpha value is -2.96. The van der Waals surface area contributed by atoms with Crippen molar-refractivity contribution in [1.82, 2.24) is 24.7 Å². The van der Waals surface area contributed by atoms with Crippen molar-refractivity contribution >= 4 is 5.82 Å². The highest BCUT2D eigenvalue weighted by Crippen LogP contribution is 2.22. The topological polar surface area (TPSA) is 77.8 Å². The summed E-state index contributed by atoms with van der Waals surface area (Å²) in [5.74, 6) is 5.01. The summed E-state index contributed by atoms with van der Waals surface area (Å²) in [5, 5.41) is 11.9. The van der Waals surface area contributed by atoms with Crippen molar-refractivity contribution in [3.8, 4) is 17.1 Å². The summed E-state index contributed by atoms with van der Waals surface area (Å²) in [6, 6.07) is 9.68. The maximum Gasteiger partial charge on any atom is 0.161 e. The third-order valence-corrected chi connectivity index (χ3v) is 4.80. The van der Waals surface area contributed by atoms with E-state index in [-0.39, 0.29) is 0 Å². The number of anilines is 1. The molecule has 1 aromatic carbocycles. The number of hydrogen-bond acceptors (Lipinski definition) is 6. The van der Waals surface area contributed by atoms with Gasteiger partial charge >= 0.3 is 0 Å². The molecular weight excluding hydrogens is 328 g/mol. The SMILES string of the molecule is COc1ccc(-c2nccc(NCC3CCc4nnc(C)n4C3)n2)cc1. The Morgan fingerprint density at radius 1 is 1.19 bits per heavy atom. The second-order valence-electron chi connectivity index (χ2n) is 6.55. The highest BCUT2D eigenvalue weighted by atomic mass is 16.5. The van der Waals surface area contributed by atoms with Gasteiger partial charge in [0.2, 0.25) is 0 Å². The van der Waals surface area contributed by atoms with Crippen LogP contribution in [0.25, 0.3) is 11.4 Å². The molecule has 7 heteroatoms. The van der Waals surface area contributed by atoms with Gasteiger partial charge < -0.3 is 14.6 Å². The first-order chi connectivity index (χ1) is 12.7. The molecule has 1 unspecified atom stereocenters. The first-order valence-corrected chi connectivity index (χ1v) is 8.83. The molecule has 1 N–H and O–H groups in total. The molecule has 0 amide bonds. The van der Waals surface area contributed by atoms with E-state index in [1.54, 1.807) is 13.3 Å². The fourth-order valence-electron chi connectivity index (χ4n) is 3.28. The minimum absolute atomic E-state index is 0.539. The third-order valence-electron chi connectivity index (χ3n) is 4.80. The molecule has 7 nitrogen and oxygen atoms in total. The Morgan fingerprint density at radius 3 is 2.85 bits per heavy atom. The molecule has 2 aromatic heterocycles. The molecule has 1 atom stereocenters. The van der Waals surface area contributed by atoms with Crippen LogP contribution in [0.2, 0.25) is 0 Å². The second-order valence-corrected chi connectivity index (χ2v) is 6.55. The van der Waals surface area contributed by atoms with Gasteiger partial charge in [-0.25, -0.2) is 9.97 Å². The van der Waals surface area contributed by atoms with Crippen LogP contribution in [0.1, 0.15) is 18.1 Å². The average Bonchev–Trinajstić information content (AvgIpc) is 3.07. The van der Waals surface area contributed by atoms with Crippen LogP contribution in [0.3, 0.4) is 0 Å². The van der Waals surface area contributed by atoms with Crippen molar-refractivity contribution in [2.75, 3.05) is 19.0 Å². The van der Waals surface area contributed by atoms with E-state index in [1.165, 1.54) is 0 Å². The van der Waals surface area contributed by atoms with E-state index in [1.807, 2.05) is 37.3 Å². The van der Waals surface area contributed by atoms with Gasteiger partial charge in [-0.3, -0.25) is 0 Å². The zero-order chi connectivity index (χ0) is 17.9. The van der Waals surface area contributed by atoms with Gasteiger partial charge in [0, 0.05) is 31.3 Å². The molecule has 26 heavy (non-hydrogen) atoms. The number of methoxy groups -OCH3 is 1. The average molecular weight is 350 g/mol. The summed E-state index contributed by atoms with van der Waals surface area (Å²) in [7, 11) is 1.66. The van der Waals surface area contributed by atoms with Crippen molar-refractivity contribution in [1.29, 1.82) is 0 Å². The van der Waals surface area contributed by atoms with Gasteiger partial charge in [-0.05, 0) is 49.6 Å². The molecule has 0 spiro atoms.